The molecule has 0 aliphatic rings. The van der Waals surface area contributed by atoms with E-state index < -0.39 is 0 Å². The van der Waals surface area contributed by atoms with Crippen molar-refractivity contribution in [3.8, 4) is 6.07 Å². The van der Waals surface area contributed by atoms with Crippen molar-refractivity contribution < 1.29 is 0 Å². The normalized spacial score (nSPS) is 12.0. The topological polar surface area (TPSA) is 53.5 Å². The van der Waals surface area contributed by atoms with Crippen LogP contribution in [0.4, 0.5) is 5.69 Å². The van der Waals surface area contributed by atoms with E-state index in [0.29, 0.717) is 16.9 Å². The zero-order valence-electron chi connectivity index (χ0n) is 14.6. The monoisotopic (exact) mass is 338 g/mol. The second-order valence-corrected chi connectivity index (χ2v) is 5.73. The Morgan fingerprint density at radius 1 is 1.23 bits per heavy atom. The quantitative estimate of drug-likeness (QED) is 0.489. The van der Waals surface area contributed by atoms with Crippen molar-refractivity contribution in [2.45, 2.75) is 6.92 Å². The van der Waals surface area contributed by atoms with Crippen molar-refractivity contribution in [1.82, 2.24) is 9.38 Å². The molecule has 26 heavy (non-hydrogen) atoms. The third-order valence-electron chi connectivity index (χ3n) is 3.86. The van der Waals surface area contributed by atoms with Crippen LogP contribution in [0.5, 0.6) is 0 Å². The minimum atomic E-state index is 0.486. The third-order valence-corrected chi connectivity index (χ3v) is 3.86. The van der Waals surface area contributed by atoms with Crippen LogP contribution in [0.2, 0.25) is 0 Å². The first kappa shape index (κ1) is 17.1. The molecule has 0 unspecified atom stereocenters. The fraction of sp³-hybridized carbons (Fsp3) is 0.0455. The van der Waals surface area contributed by atoms with Crippen molar-refractivity contribution in [1.29, 1.82) is 5.26 Å². The molecule has 0 aliphatic heterocycles. The van der Waals surface area contributed by atoms with E-state index in [-0.39, 0.29) is 0 Å². The summed E-state index contributed by atoms with van der Waals surface area (Å²) in [5, 5.41) is 9.47. The van der Waals surface area contributed by atoms with E-state index in [0.717, 1.165) is 22.5 Å². The van der Waals surface area contributed by atoms with Gasteiger partial charge < -0.3 is 4.40 Å². The zero-order valence-corrected chi connectivity index (χ0v) is 14.6. The number of benzene rings is 1. The van der Waals surface area contributed by atoms with Gasteiger partial charge in [-0.15, -0.1) is 0 Å². The van der Waals surface area contributed by atoms with Crippen LogP contribution in [0.1, 0.15) is 16.8 Å². The highest BCUT2D eigenvalue weighted by atomic mass is 15.0. The first-order valence-corrected chi connectivity index (χ1v) is 8.15. The number of pyridine rings is 1. The Bertz CT molecular complexity index is 1080. The number of hydrogen-bond acceptors (Lipinski definition) is 3. The van der Waals surface area contributed by atoms with Gasteiger partial charge in [-0.1, -0.05) is 61.7 Å². The molecule has 0 radical (unpaired) electrons. The SMILES string of the molecule is C=C/C=C(\C=C)C(=Nc1cc(C#N)c2nc(C)cn2c1)c1ccccc1. The molecule has 0 bridgehead atoms. The standard InChI is InChI=1S/C22H18N4/c1-4-9-17(5-2)21(18-10-7-6-8-11-18)25-20-12-19(13-23)22-24-16(3)14-26(22)15-20/h4-12,14-15H,1-2H2,3H3/b17-9+,25-21?. The molecule has 2 heterocycles. The van der Waals surface area contributed by atoms with Gasteiger partial charge in [0.15, 0.2) is 5.65 Å². The molecule has 4 nitrogen and oxygen atoms in total. The van der Waals surface area contributed by atoms with Crippen LogP contribution in [-0.4, -0.2) is 15.1 Å². The fourth-order valence-corrected chi connectivity index (χ4v) is 2.74. The summed E-state index contributed by atoms with van der Waals surface area (Å²) in [5.74, 6) is 0. The lowest BCUT2D eigenvalue weighted by Crippen LogP contribution is -2.03. The van der Waals surface area contributed by atoms with Crippen molar-refractivity contribution in [2.75, 3.05) is 0 Å². The Balaban J connectivity index is 2.24. The van der Waals surface area contributed by atoms with Crippen LogP contribution in [-0.2, 0) is 0 Å². The summed E-state index contributed by atoms with van der Waals surface area (Å²) in [4.78, 5) is 9.21. The Kier molecular flexibility index (Phi) is 4.91. The van der Waals surface area contributed by atoms with Gasteiger partial charge in [0.2, 0.25) is 0 Å². The van der Waals surface area contributed by atoms with E-state index >= 15 is 0 Å². The molecule has 1 aromatic carbocycles. The molecule has 3 rings (SSSR count). The van der Waals surface area contributed by atoms with Crippen LogP contribution in [0.15, 0.2) is 90.7 Å². The number of aromatic nitrogens is 2. The van der Waals surface area contributed by atoms with Gasteiger partial charge in [-0.05, 0) is 13.0 Å². The van der Waals surface area contributed by atoms with Gasteiger partial charge in [-0.3, -0.25) is 0 Å². The van der Waals surface area contributed by atoms with Crippen molar-refractivity contribution in [2.24, 2.45) is 4.99 Å². The molecule has 0 amide bonds. The smallest absolute Gasteiger partial charge is 0.155 e. The van der Waals surface area contributed by atoms with Crippen molar-refractivity contribution in [3.05, 3.63) is 103 Å². The largest absolute Gasteiger partial charge is 0.304 e. The van der Waals surface area contributed by atoms with Gasteiger partial charge in [-0.2, -0.15) is 5.26 Å². The molecule has 4 heteroatoms. The minimum absolute atomic E-state index is 0.486. The number of aryl methyl sites for hydroxylation is 1. The van der Waals surface area contributed by atoms with Crippen molar-refractivity contribution in [3.63, 3.8) is 0 Å². The summed E-state index contributed by atoms with van der Waals surface area (Å²) in [6, 6.07) is 13.8. The first-order valence-electron chi connectivity index (χ1n) is 8.15. The van der Waals surface area contributed by atoms with Crippen LogP contribution in [0.25, 0.3) is 5.65 Å². The maximum Gasteiger partial charge on any atom is 0.155 e. The van der Waals surface area contributed by atoms with Crippen molar-refractivity contribution >= 4 is 17.0 Å². The van der Waals surface area contributed by atoms with Crippen LogP contribution in [0, 0.1) is 18.3 Å². The molecule has 0 saturated carbocycles. The number of fused-ring (bicyclic) bond motifs is 1. The number of allylic oxidation sites excluding steroid dienone is 4. The van der Waals surface area contributed by atoms with E-state index in [4.69, 9.17) is 4.99 Å². The number of rotatable bonds is 5. The summed E-state index contributed by atoms with van der Waals surface area (Å²) in [6.07, 6.45) is 9.07. The summed E-state index contributed by atoms with van der Waals surface area (Å²) >= 11 is 0. The predicted octanol–water partition coefficient (Wildman–Crippen LogP) is 4.93. The van der Waals surface area contributed by atoms with Gasteiger partial charge >= 0.3 is 0 Å². The number of imidazole rings is 1. The van der Waals surface area contributed by atoms with E-state index in [2.05, 4.69) is 24.2 Å². The van der Waals surface area contributed by atoms with Crippen LogP contribution >= 0.6 is 0 Å². The molecule has 0 N–H and O–H groups in total. The van der Waals surface area contributed by atoms with E-state index in [9.17, 15) is 5.26 Å². The molecule has 0 fully saturated rings. The van der Waals surface area contributed by atoms with Gasteiger partial charge in [0, 0.05) is 23.5 Å². The number of aliphatic imine (C=N–C) groups is 1. The van der Waals surface area contributed by atoms with E-state index in [1.165, 1.54) is 0 Å². The summed E-state index contributed by atoms with van der Waals surface area (Å²) in [7, 11) is 0. The highest BCUT2D eigenvalue weighted by Gasteiger charge is 2.10. The van der Waals surface area contributed by atoms with Crippen LogP contribution < -0.4 is 0 Å². The zero-order chi connectivity index (χ0) is 18.5. The average Bonchev–Trinajstić information content (AvgIpc) is 3.04. The summed E-state index contributed by atoms with van der Waals surface area (Å²) < 4.78 is 1.83. The van der Waals surface area contributed by atoms with E-state index in [1.807, 2.05) is 60.1 Å². The Labute approximate surface area is 152 Å². The maximum absolute atomic E-state index is 9.47. The van der Waals surface area contributed by atoms with Gasteiger partial charge in [0.1, 0.15) is 6.07 Å². The second kappa shape index (κ2) is 7.45. The fourth-order valence-electron chi connectivity index (χ4n) is 2.74. The molecule has 2 aromatic heterocycles. The lowest BCUT2D eigenvalue weighted by Gasteiger charge is -2.09. The number of nitrogens with zero attached hydrogens (tertiary/aromatic N) is 4. The predicted molar refractivity (Wildman–Crippen MR) is 106 cm³/mol. The average molecular weight is 338 g/mol. The number of hydrogen-bond donors (Lipinski definition) is 0. The second-order valence-electron chi connectivity index (χ2n) is 5.73. The Morgan fingerprint density at radius 2 is 2.00 bits per heavy atom. The molecule has 0 saturated heterocycles. The minimum Gasteiger partial charge on any atom is -0.304 e. The van der Waals surface area contributed by atoms with Crippen LogP contribution in [0.3, 0.4) is 0 Å². The summed E-state index contributed by atoms with van der Waals surface area (Å²) in [5.41, 5.74) is 5.22. The highest BCUT2D eigenvalue weighted by Crippen LogP contribution is 2.22. The highest BCUT2D eigenvalue weighted by molar-refractivity contribution is 6.15. The molecule has 126 valence electrons. The lowest BCUT2D eigenvalue weighted by molar-refractivity contribution is 1.17. The molecule has 0 aliphatic carbocycles. The lowest BCUT2D eigenvalue weighted by atomic mass is 10.0. The van der Waals surface area contributed by atoms with Gasteiger partial charge in [-0.25, -0.2) is 9.98 Å². The molecular weight excluding hydrogens is 320 g/mol. The molecule has 0 atom stereocenters. The van der Waals surface area contributed by atoms with Gasteiger partial charge in [0.25, 0.3) is 0 Å². The molecule has 3 aromatic rings. The molecular formula is C22H18N4. The van der Waals surface area contributed by atoms with Gasteiger partial charge in [0.05, 0.1) is 22.7 Å². The Hall–Kier alpha value is -3.71. The third kappa shape index (κ3) is 3.38. The maximum atomic E-state index is 9.47. The molecule has 0 spiro atoms. The van der Waals surface area contributed by atoms with E-state index in [1.54, 1.807) is 18.2 Å². The first-order chi connectivity index (χ1) is 12.7. The summed E-state index contributed by atoms with van der Waals surface area (Å²) in [6.45, 7) is 9.56. The Morgan fingerprint density at radius 3 is 2.65 bits per heavy atom. The number of nitriles is 1.